The van der Waals surface area contributed by atoms with Gasteiger partial charge in [-0.25, -0.2) is 0 Å². The van der Waals surface area contributed by atoms with Crippen molar-refractivity contribution in [2.24, 2.45) is 0 Å². The van der Waals surface area contributed by atoms with Gasteiger partial charge in [0.2, 0.25) is 0 Å². The van der Waals surface area contributed by atoms with E-state index in [1.165, 1.54) is 6.42 Å². The summed E-state index contributed by atoms with van der Waals surface area (Å²) in [5, 5.41) is 6.32. The Hall–Kier alpha value is -1.55. The summed E-state index contributed by atoms with van der Waals surface area (Å²) in [6, 6.07) is 7.69. The molecule has 1 aromatic rings. The van der Waals surface area contributed by atoms with Crippen molar-refractivity contribution < 1.29 is 4.79 Å². The summed E-state index contributed by atoms with van der Waals surface area (Å²) >= 11 is 0. The van der Waals surface area contributed by atoms with Crippen LogP contribution in [-0.4, -0.2) is 43.5 Å². The van der Waals surface area contributed by atoms with E-state index in [0.717, 1.165) is 43.9 Å². The summed E-state index contributed by atoms with van der Waals surface area (Å²) in [6.07, 6.45) is 2.34. The molecule has 4 heteroatoms. The lowest BCUT2D eigenvalue weighted by Crippen LogP contribution is -2.34. The molecule has 4 nitrogen and oxygen atoms in total. The molecule has 0 unspecified atom stereocenters. The molecule has 0 atom stereocenters. The summed E-state index contributed by atoms with van der Waals surface area (Å²) in [4.78, 5) is 14.3. The average Bonchev–Trinajstić information content (AvgIpc) is 2.52. The van der Waals surface area contributed by atoms with Gasteiger partial charge in [0.25, 0.3) is 5.91 Å². The number of carbonyl (C=O) groups excluding carboxylic acids is 1. The minimum atomic E-state index is 0.00210. The van der Waals surface area contributed by atoms with Crippen LogP contribution in [0.2, 0.25) is 0 Å². The zero-order chi connectivity index (χ0) is 15.5. The SMILES string of the molecule is CCCCNc1ccc(C(=O)NCCN(CC)CC)cc1. The first-order chi connectivity index (χ1) is 10.2. The molecule has 1 amide bonds. The Morgan fingerprint density at radius 3 is 2.29 bits per heavy atom. The minimum Gasteiger partial charge on any atom is -0.385 e. The van der Waals surface area contributed by atoms with Gasteiger partial charge in [-0.2, -0.15) is 0 Å². The van der Waals surface area contributed by atoms with Gasteiger partial charge in [0, 0.05) is 30.9 Å². The largest absolute Gasteiger partial charge is 0.385 e. The van der Waals surface area contributed by atoms with Crippen molar-refractivity contribution in [2.75, 3.05) is 38.0 Å². The maximum absolute atomic E-state index is 12.0. The lowest BCUT2D eigenvalue weighted by molar-refractivity contribution is 0.0949. The van der Waals surface area contributed by atoms with Gasteiger partial charge in [-0.15, -0.1) is 0 Å². The standard InChI is InChI=1S/C17H29N3O/c1-4-7-12-18-16-10-8-15(9-11-16)17(21)19-13-14-20(5-2)6-3/h8-11,18H,4-7,12-14H2,1-3H3,(H,19,21). The molecule has 0 fully saturated rings. The van der Waals surface area contributed by atoms with Gasteiger partial charge in [-0.3, -0.25) is 4.79 Å². The van der Waals surface area contributed by atoms with E-state index >= 15 is 0 Å². The van der Waals surface area contributed by atoms with Gasteiger partial charge < -0.3 is 15.5 Å². The van der Waals surface area contributed by atoms with E-state index in [2.05, 4.69) is 36.3 Å². The monoisotopic (exact) mass is 291 g/mol. The fourth-order valence-electron chi connectivity index (χ4n) is 2.12. The van der Waals surface area contributed by atoms with Crippen LogP contribution in [0.4, 0.5) is 5.69 Å². The zero-order valence-corrected chi connectivity index (χ0v) is 13.6. The highest BCUT2D eigenvalue weighted by molar-refractivity contribution is 5.94. The van der Waals surface area contributed by atoms with Crippen molar-refractivity contribution in [3.05, 3.63) is 29.8 Å². The van der Waals surface area contributed by atoms with Crippen molar-refractivity contribution in [2.45, 2.75) is 33.6 Å². The Labute approximate surface area is 128 Å². The molecule has 0 saturated heterocycles. The molecule has 0 radical (unpaired) electrons. The molecule has 0 aliphatic carbocycles. The molecule has 0 aliphatic rings. The maximum atomic E-state index is 12.0. The van der Waals surface area contributed by atoms with Crippen LogP contribution in [0.15, 0.2) is 24.3 Å². The van der Waals surface area contributed by atoms with Crippen LogP contribution < -0.4 is 10.6 Å². The molecule has 0 saturated carbocycles. The summed E-state index contributed by atoms with van der Waals surface area (Å²) in [5.74, 6) is 0.00210. The number of benzene rings is 1. The molecule has 0 aromatic heterocycles. The lowest BCUT2D eigenvalue weighted by atomic mass is 10.2. The number of nitrogens with zero attached hydrogens (tertiary/aromatic N) is 1. The first kappa shape index (κ1) is 17.5. The molecule has 2 N–H and O–H groups in total. The number of amides is 1. The van der Waals surface area contributed by atoms with Crippen LogP contribution in [0.1, 0.15) is 44.0 Å². The van der Waals surface area contributed by atoms with Crippen molar-refractivity contribution >= 4 is 11.6 Å². The number of likely N-dealkylation sites (N-methyl/N-ethyl adjacent to an activating group) is 1. The van der Waals surface area contributed by atoms with Crippen molar-refractivity contribution in [1.82, 2.24) is 10.2 Å². The number of hydrogen-bond donors (Lipinski definition) is 2. The molecule has 1 aromatic carbocycles. The Kier molecular flexibility index (Phi) is 8.51. The Morgan fingerprint density at radius 1 is 1.05 bits per heavy atom. The number of rotatable bonds is 10. The zero-order valence-electron chi connectivity index (χ0n) is 13.6. The van der Waals surface area contributed by atoms with Crippen LogP contribution in [0, 0.1) is 0 Å². The van der Waals surface area contributed by atoms with E-state index < -0.39 is 0 Å². The van der Waals surface area contributed by atoms with Gasteiger partial charge >= 0.3 is 0 Å². The fourth-order valence-corrected chi connectivity index (χ4v) is 2.12. The van der Waals surface area contributed by atoms with Crippen molar-refractivity contribution in [3.8, 4) is 0 Å². The van der Waals surface area contributed by atoms with Crippen LogP contribution in [-0.2, 0) is 0 Å². The number of nitrogens with one attached hydrogen (secondary N) is 2. The average molecular weight is 291 g/mol. The molecule has 0 heterocycles. The molecule has 1 rings (SSSR count). The molecule has 21 heavy (non-hydrogen) atoms. The fraction of sp³-hybridized carbons (Fsp3) is 0.588. The normalized spacial score (nSPS) is 10.7. The summed E-state index contributed by atoms with van der Waals surface area (Å²) in [6.45, 7) is 11.0. The van der Waals surface area contributed by atoms with Crippen molar-refractivity contribution in [1.29, 1.82) is 0 Å². The molecule has 0 spiro atoms. The van der Waals surface area contributed by atoms with Gasteiger partial charge in [0.15, 0.2) is 0 Å². The van der Waals surface area contributed by atoms with E-state index in [9.17, 15) is 4.79 Å². The molecular weight excluding hydrogens is 262 g/mol. The number of unbranched alkanes of at least 4 members (excludes halogenated alkanes) is 1. The predicted octanol–water partition coefficient (Wildman–Crippen LogP) is 2.97. The predicted molar refractivity (Wildman–Crippen MR) is 90.0 cm³/mol. The van der Waals surface area contributed by atoms with Gasteiger partial charge in [0.05, 0.1) is 0 Å². The number of hydrogen-bond acceptors (Lipinski definition) is 3. The maximum Gasteiger partial charge on any atom is 0.251 e. The third-order valence-electron chi connectivity index (χ3n) is 3.61. The highest BCUT2D eigenvalue weighted by Crippen LogP contribution is 2.09. The van der Waals surface area contributed by atoms with Crippen LogP contribution >= 0.6 is 0 Å². The second kappa shape index (κ2) is 10.2. The Balaban J connectivity index is 2.37. The highest BCUT2D eigenvalue weighted by Gasteiger charge is 2.05. The Bertz CT molecular complexity index is 399. The van der Waals surface area contributed by atoms with E-state index in [1.54, 1.807) is 0 Å². The second-order valence-corrected chi connectivity index (χ2v) is 5.14. The quantitative estimate of drug-likeness (QED) is 0.651. The third-order valence-corrected chi connectivity index (χ3v) is 3.61. The molecule has 118 valence electrons. The van der Waals surface area contributed by atoms with E-state index in [1.807, 2.05) is 24.3 Å². The lowest BCUT2D eigenvalue weighted by Gasteiger charge is -2.18. The summed E-state index contributed by atoms with van der Waals surface area (Å²) < 4.78 is 0. The van der Waals surface area contributed by atoms with E-state index in [-0.39, 0.29) is 5.91 Å². The van der Waals surface area contributed by atoms with Gasteiger partial charge in [-0.05, 0) is 43.8 Å². The van der Waals surface area contributed by atoms with E-state index in [0.29, 0.717) is 6.54 Å². The topological polar surface area (TPSA) is 44.4 Å². The molecule has 0 bridgehead atoms. The third kappa shape index (κ3) is 6.63. The first-order valence-electron chi connectivity index (χ1n) is 8.05. The molecular formula is C17H29N3O. The first-order valence-corrected chi connectivity index (χ1v) is 8.05. The molecule has 0 aliphatic heterocycles. The summed E-state index contributed by atoms with van der Waals surface area (Å²) in [7, 11) is 0. The summed E-state index contributed by atoms with van der Waals surface area (Å²) in [5.41, 5.74) is 1.79. The second-order valence-electron chi connectivity index (χ2n) is 5.14. The number of anilines is 1. The van der Waals surface area contributed by atoms with Gasteiger partial charge in [0.1, 0.15) is 0 Å². The van der Waals surface area contributed by atoms with Crippen LogP contribution in [0.3, 0.4) is 0 Å². The Morgan fingerprint density at radius 2 is 1.71 bits per heavy atom. The smallest absolute Gasteiger partial charge is 0.251 e. The van der Waals surface area contributed by atoms with Gasteiger partial charge in [-0.1, -0.05) is 27.2 Å². The van der Waals surface area contributed by atoms with Crippen LogP contribution in [0.5, 0.6) is 0 Å². The number of carbonyl (C=O) groups is 1. The van der Waals surface area contributed by atoms with Crippen molar-refractivity contribution in [3.63, 3.8) is 0 Å². The highest BCUT2D eigenvalue weighted by atomic mass is 16.1. The minimum absolute atomic E-state index is 0.00210. The van der Waals surface area contributed by atoms with E-state index in [4.69, 9.17) is 0 Å². The van der Waals surface area contributed by atoms with Crippen LogP contribution in [0.25, 0.3) is 0 Å².